The highest BCUT2D eigenvalue weighted by atomic mass is 32.2. The summed E-state index contributed by atoms with van der Waals surface area (Å²) in [5.74, 6) is 3.11. The Bertz CT molecular complexity index is 417. The lowest BCUT2D eigenvalue weighted by Crippen LogP contribution is -2.31. The largest absolute Gasteiger partial charge is 0.310 e. The van der Waals surface area contributed by atoms with E-state index in [1.807, 2.05) is 11.8 Å². The summed E-state index contributed by atoms with van der Waals surface area (Å²) in [5, 5.41) is 3.85. The fraction of sp³-hybridized carbons (Fsp3) is 0.647. The van der Waals surface area contributed by atoms with E-state index >= 15 is 0 Å². The second-order valence-electron chi connectivity index (χ2n) is 6.27. The van der Waals surface area contributed by atoms with Gasteiger partial charge in [-0.25, -0.2) is 0 Å². The molecular weight excluding hydrogens is 250 g/mol. The van der Waals surface area contributed by atoms with Gasteiger partial charge in [0.15, 0.2) is 0 Å². The summed E-state index contributed by atoms with van der Waals surface area (Å²) < 4.78 is 0. The second kappa shape index (κ2) is 6.32. The summed E-state index contributed by atoms with van der Waals surface area (Å²) in [6, 6.07) is 9.52. The number of rotatable bonds is 3. The second-order valence-corrected chi connectivity index (χ2v) is 7.41. The van der Waals surface area contributed by atoms with E-state index in [-0.39, 0.29) is 0 Å². The Labute approximate surface area is 121 Å². The molecule has 3 atom stereocenters. The van der Waals surface area contributed by atoms with Gasteiger partial charge >= 0.3 is 0 Å². The van der Waals surface area contributed by atoms with Crippen molar-refractivity contribution in [1.82, 2.24) is 5.32 Å². The van der Waals surface area contributed by atoms with Gasteiger partial charge in [-0.05, 0) is 55.0 Å². The summed E-state index contributed by atoms with van der Waals surface area (Å²) in [7, 11) is 0. The molecule has 1 heterocycles. The molecule has 1 aromatic rings. The first-order chi connectivity index (χ1) is 9.33. The summed E-state index contributed by atoms with van der Waals surface area (Å²) in [6.45, 7) is 3.63. The maximum atomic E-state index is 3.85. The SMILES string of the molecule is CC1CCCC(CNC2CCSc3ccccc32)C1. The normalized spacial score (nSPS) is 30.9. The van der Waals surface area contributed by atoms with Crippen molar-refractivity contribution >= 4 is 11.8 Å². The van der Waals surface area contributed by atoms with Crippen LogP contribution in [0.4, 0.5) is 0 Å². The highest BCUT2D eigenvalue weighted by Crippen LogP contribution is 2.36. The predicted octanol–water partition coefficient (Wildman–Crippen LogP) is 4.64. The third kappa shape index (κ3) is 3.35. The van der Waals surface area contributed by atoms with Crippen LogP contribution in [0, 0.1) is 11.8 Å². The molecule has 0 spiro atoms. The molecule has 0 amide bonds. The van der Waals surface area contributed by atoms with Gasteiger partial charge in [-0.15, -0.1) is 11.8 Å². The van der Waals surface area contributed by atoms with Gasteiger partial charge in [-0.3, -0.25) is 0 Å². The highest BCUT2D eigenvalue weighted by molar-refractivity contribution is 7.99. The minimum atomic E-state index is 0.592. The molecule has 19 heavy (non-hydrogen) atoms. The smallest absolute Gasteiger partial charge is 0.0339 e. The van der Waals surface area contributed by atoms with Crippen molar-refractivity contribution in [2.45, 2.75) is 50.0 Å². The maximum absolute atomic E-state index is 3.85. The zero-order valence-corrected chi connectivity index (χ0v) is 12.7. The molecule has 1 N–H and O–H groups in total. The first-order valence-corrected chi connectivity index (χ1v) is 8.76. The third-order valence-corrected chi connectivity index (χ3v) is 5.78. The lowest BCUT2D eigenvalue weighted by atomic mass is 9.82. The van der Waals surface area contributed by atoms with Crippen LogP contribution in [0.25, 0.3) is 0 Å². The number of benzene rings is 1. The lowest BCUT2D eigenvalue weighted by molar-refractivity contribution is 0.265. The van der Waals surface area contributed by atoms with Gasteiger partial charge in [0.2, 0.25) is 0 Å². The van der Waals surface area contributed by atoms with Crippen LogP contribution in [0.2, 0.25) is 0 Å². The van der Waals surface area contributed by atoms with E-state index in [1.54, 1.807) is 0 Å². The van der Waals surface area contributed by atoms with Crippen LogP contribution in [0.3, 0.4) is 0 Å². The van der Waals surface area contributed by atoms with E-state index in [2.05, 4.69) is 36.5 Å². The van der Waals surface area contributed by atoms with Crippen LogP contribution in [0.5, 0.6) is 0 Å². The topological polar surface area (TPSA) is 12.0 Å². The van der Waals surface area contributed by atoms with Crippen molar-refractivity contribution in [2.75, 3.05) is 12.3 Å². The van der Waals surface area contributed by atoms with E-state index in [0.717, 1.165) is 11.8 Å². The molecule has 2 heteroatoms. The highest BCUT2D eigenvalue weighted by Gasteiger charge is 2.23. The van der Waals surface area contributed by atoms with E-state index in [1.165, 1.54) is 54.9 Å². The van der Waals surface area contributed by atoms with Crippen LogP contribution in [-0.4, -0.2) is 12.3 Å². The number of nitrogens with one attached hydrogen (secondary N) is 1. The fourth-order valence-corrected chi connectivity index (χ4v) is 4.73. The average Bonchev–Trinajstić information content (AvgIpc) is 2.45. The average molecular weight is 275 g/mol. The van der Waals surface area contributed by atoms with Crippen LogP contribution in [0.15, 0.2) is 29.2 Å². The van der Waals surface area contributed by atoms with Crippen molar-refractivity contribution in [3.63, 3.8) is 0 Å². The van der Waals surface area contributed by atoms with Crippen molar-refractivity contribution in [3.05, 3.63) is 29.8 Å². The lowest BCUT2D eigenvalue weighted by Gasteiger charge is -2.31. The third-order valence-electron chi connectivity index (χ3n) is 4.66. The predicted molar refractivity (Wildman–Crippen MR) is 83.6 cm³/mol. The van der Waals surface area contributed by atoms with Crippen molar-refractivity contribution in [3.8, 4) is 0 Å². The van der Waals surface area contributed by atoms with Gasteiger partial charge < -0.3 is 5.32 Å². The van der Waals surface area contributed by atoms with Crippen molar-refractivity contribution in [2.24, 2.45) is 11.8 Å². The molecule has 0 saturated heterocycles. The number of fused-ring (bicyclic) bond motifs is 1. The van der Waals surface area contributed by atoms with E-state index in [0.29, 0.717) is 6.04 Å². The van der Waals surface area contributed by atoms with Crippen LogP contribution < -0.4 is 5.32 Å². The molecule has 1 fully saturated rings. The maximum Gasteiger partial charge on any atom is 0.0339 e. The molecule has 1 aliphatic carbocycles. The summed E-state index contributed by atoms with van der Waals surface area (Å²) in [6.07, 6.45) is 7.02. The molecule has 1 aromatic carbocycles. The van der Waals surface area contributed by atoms with Gasteiger partial charge in [-0.2, -0.15) is 0 Å². The molecule has 0 aromatic heterocycles. The van der Waals surface area contributed by atoms with E-state index in [9.17, 15) is 0 Å². The van der Waals surface area contributed by atoms with Crippen molar-refractivity contribution < 1.29 is 0 Å². The van der Waals surface area contributed by atoms with Gasteiger partial charge in [0.05, 0.1) is 0 Å². The molecule has 3 rings (SSSR count). The number of hydrogen-bond acceptors (Lipinski definition) is 2. The standard InChI is InChI=1S/C17H25NS/c1-13-5-4-6-14(11-13)12-18-16-9-10-19-17-8-3-2-7-15(16)17/h2-3,7-8,13-14,16,18H,4-6,9-12H2,1H3. The molecule has 0 radical (unpaired) electrons. The van der Waals surface area contributed by atoms with Gasteiger partial charge in [0.25, 0.3) is 0 Å². The Morgan fingerprint density at radius 1 is 1.21 bits per heavy atom. The Hall–Kier alpha value is -0.470. The van der Waals surface area contributed by atoms with Gasteiger partial charge in [-0.1, -0.05) is 38.0 Å². The molecule has 1 aliphatic heterocycles. The molecule has 1 saturated carbocycles. The van der Waals surface area contributed by atoms with Crippen LogP contribution in [-0.2, 0) is 0 Å². The minimum absolute atomic E-state index is 0.592. The summed E-state index contributed by atoms with van der Waals surface area (Å²) in [5.41, 5.74) is 1.53. The van der Waals surface area contributed by atoms with Crippen LogP contribution in [0.1, 0.15) is 50.6 Å². The van der Waals surface area contributed by atoms with E-state index < -0.39 is 0 Å². The van der Waals surface area contributed by atoms with Gasteiger partial charge in [0, 0.05) is 10.9 Å². The molecule has 2 aliphatic rings. The van der Waals surface area contributed by atoms with Crippen molar-refractivity contribution in [1.29, 1.82) is 0 Å². The zero-order chi connectivity index (χ0) is 13.1. The molecule has 0 bridgehead atoms. The number of thioether (sulfide) groups is 1. The Morgan fingerprint density at radius 2 is 2.11 bits per heavy atom. The van der Waals surface area contributed by atoms with E-state index in [4.69, 9.17) is 0 Å². The first kappa shape index (κ1) is 13.5. The quantitative estimate of drug-likeness (QED) is 0.862. The fourth-order valence-electron chi connectivity index (χ4n) is 3.61. The molecule has 104 valence electrons. The Balaban J connectivity index is 1.59. The Kier molecular flexibility index (Phi) is 4.49. The molecule has 3 unspecified atom stereocenters. The summed E-state index contributed by atoms with van der Waals surface area (Å²) >= 11 is 2.01. The first-order valence-electron chi connectivity index (χ1n) is 7.78. The van der Waals surface area contributed by atoms with Gasteiger partial charge in [0.1, 0.15) is 0 Å². The molecular formula is C17H25NS. The molecule has 1 nitrogen and oxygen atoms in total. The minimum Gasteiger partial charge on any atom is -0.310 e. The Morgan fingerprint density at radius 3 is 3.00 bits per heavy atom. The summed E-state index contributed by atoms with van der Waals surface area (Å²) in [4.78, 5) is 1.49. The number of hydrogen-bond donors (Lipinski definition) is 1. The monoisotopic (exact) mass is 275 g/mol. The zero-order valence-electron chi connectivity index (χ0n) is 11.9. The van der Waals surface area contributed by atoms with Crippen LogP contribution >= 0.6 is 11.8 Å².